The molecule has 1 aliphatic heterocycles. The number of pyridine rings is 1. The van der Waals surface area contributed by atoms with Gasteiger partial charge in [0.05, 0.1) is 5.75 Å². The van der Waals surface area contributed by atoms with Gasteiger partial charge < -0.3 is 0 Å². The van der Waals surface area contributed by atoms with E-state index in [-0.39, 0.29) is 36.4 Å². The van der Waals surface area contributed by atoms with Crippen LogP contribution < -0.4 is 10.0 Å². The van der Waals surface area contributed by atoms with Crippen LogP contribution >= 0.6 is 0 Å². The maximum Gasteiger partial charge on any atom is 0.228 e. The Morgan fingerprint density at radius 3 is 2.83 bits per heavy atom. The number of rotatable bonds is 3. The van der Waals surface area contributed by atoms with Crippen molar-refractivity contribution in [3.8, 4) is 0 Å². The van der Waals surface area contributed by atoms with Gasteiger partial charge in [-0.2, -0.15) is 4.39 Å². The minimum atomic E-state index is -3.62. The average Bonchev–Trinajstić information content (AvgIpc) is 2.56. The van der Waals surface area contributed by atoms with Crippen LogP contribution in [-0.2, 0) is 14.8 Å². The second-order valence-electron chi connectivity index (χ2n) is 4.22. The van der Waals surface area contributed by atoms with Crippen LogP contribution in [0.2, 0.25) is 0 Å². The molecule has 2 heterocycles. The van der Waals surface area contributed by atoms with E-state index >= 15 is 0 Å². The first-order chi connectivity index (χ1) is 8.35. The fourth-order valence-electron chi connectivity index (χ4n) is 1.99. The highest BCUT2D eigenvalue weighted by atomic mass is 32.2. The number of nitrogens with zero attached hydrogens (tertiary/aromatic N) is 2. The van der Waals surface area contributed by atoms with E-state index in [2.05, 4.69) is 4.98 Å². The summed E-state index contributed by atoms with van der Waals surface area (Å²) in [5.74, 6) is -1.41. The predicted octanol–water partition coefficient (Wildman–Crippen LogP) is -0.138. The number of carbonyl (C=O) groups excluding carboxylic acids is 1. The Morgan fingerprint density at radius 2 is 2.22 bits per heavy atom. The van der Waals surface area contributed by atoms with Gasteiger partial charge in [-0.25, -0.2) is 18.5 Å². The van der Waals surface area contributed by atoms with Gasteiger partial charge in [0.1, 0.15) is 5.82 Å². The van der Waals surface area contributed by atoms with Gasteiger partial charge in [-0.15, -0.1) is 0 Å². The lowest BCUT2D eigenvalue weighted by Gasteiger charge is -2.15. The van der Waals surface area contributed by atoms with Gasteiger partial charge in [-0.1, -0.05) is 6.07 Å². The van der Waals surface area contributed by atoms with E-state index in [4.69, 9.17) is 5.14 Å². The number of anilines is 1. The van der Waals surface area contributed by atoms with E-state index in [1.165, 1.54) is 23.1 Å². The van der Waals surface area contributed by atoms with Crippen LogP contribution in [0.5, 0.6) is 0 Å². The molecule has 1 fully saturated rings. The lowest BCUT2D eigenvalue weighted by molar-refractivity contribution is -0.117. The predicted molar refractivity (Wildman–Crippen MR) is 62.6 cm³/mol. The number of aromatic nitrogens is 1. The number of hydrogen-bond donors (Lipinski definition) is 1. The van der Waals surface area contributed by atoms with E-state index in [1.54, 1.807) is 0 Å². The third-order valence-electron chi connectivity index (χ3n) is 2.65. The molecule has 0 saturated carbocycles. The van der Waals surface area contributed by atoms with Crippen LogP contribution in [0.25, 0.3) is 0 Å². The normalized spacial score (nSPS) is 20.4. The summed E-state index contributed by atoms with van der Waals surface area (Å²) in [4.78, 5) is 16.6. The van der Waals surface area contributed by atoms with Crippen LogP contribution in [0.1, 0.15) is 6.42 Å². The van der Waals surface area contributed by atoms with Crippen LogP contribution in [0, 0.1) is 11.9 Å². The van der Waals surface area contributed by atoms with E-state index in [1.807, 2.05) is 0 Å². The zero-order chi connectivity index (χ0) is 13.3. The molecule has 6 nitrogen and oxygen atoms in total. The van der Waals surface area contributed by atoms with Crippen molar-refractivity contribution in [2.75, 3.05) is 17.2 Å². The van der Waals surface area contributed by atoms with Crippen LogP contribution in [0.4, 0.5) is 10.2 Å². The Balaban J connectivity index is 2.15. The Labute approximate surface area is 104 Å². The molecule has 0 bridgehead atoms. The number of sulfonamides is 1. The molecule has 2 rings (SSSR count). The standard InChI is InChI=1S/C10H12FN3O3S/c11-8-2-1-3-9(13-8)14-5-7(4-10(14)15)6-18(12,16)17/h1-3,7H,4-6H2,(H2,12,16,17). The molecule has 0 aromatic carbocycles. The Morgan fingerprint density at radius 1 is 1.50 bits per heavy atom. The van der Waals surface area contributed by atoms with Gasteiger partial charge in [0.2, 0.25) is 21.9 Å². The molecule has 0 radical (unpaired) electrons. The number of primary sulfonamides is 1. The van der Waals surface area contributed by atoms with Crippen LogP contribution in [0.15, 0.2) is 18.2 Å². The van der Waals surface area contributed by atoms with Crippen molar-refractivity contribution in [3.05, 3.63) is 24.1 Å². The second-order valence-corrected chi connectivity index (χ2v) is 5.88. The number of amides is 1. The highest BCUT2D eigenvalue weighted by Crippen LogP contribution is 2.24. The highest BCUT2D eigenvalue weighted by molar-refractivity contribution is 7.89. The zero-order valence-electron chi connectivity index (χ0n) is 9.41. The van der Waals surface area contributed by atoms with E-state index < -0.39 is 16.0 Å². The summed E-state index contributed by atoms with van der Waals surface area (Å²) >= 11 is 0. The fraction of sp³-hybridized carbons (Fsp3) is 0.400. The van der Waals surface area contributed by atoms with Gasteiger partial charge >= 0.3 is 0 Å². The Hall–Kier alpha value is -1.54. The molecule has 1 amide bonds. The summed E-state index contributed by atoms with van der Waals surface area (Å²) in [7, 11) is -3.62. The second kappa shape index (κ2) is 4.62. The molecular formula is C10H12FN3O3S. The minimum Gasteiger partial charge on any atom is -0.296 e. The van der Waals surface area contributed by atoms with E-state index in [0.717, 1.165) is 0 Å². The van der Waals surface area contributed by atoms with Crippen molar-refractivity contribution >= 4 is 21.7 Å². The Bertz CT molecular complexity index is 575. The van der Waals surface area contributed by atoms with Crippen molar-refractivity contribution in [2.45, 2.75) is 6.42 Å². The van der Waals surface area contributed by atoms with E-state index in [9.17, 15) is 17.6 Å². The lowest BCUT2D eigenvalue weighted by Crippen LogP contribution is -2.28. The molecule has 1 aromatic heterocycles. The first kappa shape index (κ1) is 12.9. The molecule has 18 heavy (non-hydrogen) atoms. The number of halogens is 1. The topological polar surface area (TPSA) is 93.4 Å². The van der Waals surface area contributed by atoms with Crippen molar-refractivity contribution in [3.63, 3.8) is 0 Å². The quantitative estimate of drug-likeness (QED) is 0.776. The minimum absolute atomic E-state index is 0.0780. The maximum atomic E-state index is 13.0. The smallest absolute Gasteiger partial charge is 0.228 e. The largest absolute Gasteiger partial charge is 0.296 e. The number of hydrogen-bond acceptors (Lipinski definition) is 4. The monoisotopic (exact) mass is 273 g/mol. The maximum absolute atomic E-state index is 13.0. The van der Waals surface area contributed by atoms with Gasteiger partial charge in [0.25, 0.3) is 0 Å². The van der Waals surface area contributed by atoms with Gasteiger partial charge in [-0.05, 0) is 12.1 Å². The molecule has 2 N–H and O–H groups in total. The molecule has 0 aliphatic carbocycles. The molecule has 8 heteroatoms. The number of nitrogens with two attached hydrogens (primary N) is 1. The van der Waals surface area contributed by atoms with Gasteiger partial charge in [-0.3, -0.25) is 9.69 Å². The van der Waals surface area contributed by atoms with Crippen LogP contribution in [0.3, 0.4) is 0 Å². The molecular weight excluding hydrogens is 261 g/mol. The summed E-state index contributed by atoms with van der Waals surface area (Å²) in [5, 5.41) is 4.94. The first-order valence-electron chi connectivity index (χ1n) is 5.28. The van der Waals surface area contributed by atoms with E-state index in [0.29, 0.717) is 0 Å². The molecule has 1 aliphatic rings. The van der Waals surface area contributed by atoms with Crippen LogP contribution in [-0.4, -0.2) is 31.6 Å². The van der Waals surface area contributed by atoms with Gasteiger partial charge in [0, 0.05) is 18.9 Å². The molecule has 1 aromatic rings. The summed E-state index contributed by atoms with van der Waals surface area (Å²) in [6, 6.07) is 4.12. The Kier molecular flexibility index (Phi) is 3.31. The van der Waals surface area contributed by atoms with Crippen molar-refractivity contribution in [2.24, 2.45) is 11.1 Å². The SMILES string of the molecule is NS(=O)(=O)CC1CC(=O)N(c2cccc(F)n2)C1. The fourth-order valence-corrected chi connectivity index (χ4v) is 2.87. The molecule has 1 unspecified atom stereocenters. The summed E-state index contributed by atoms with van der Waals surface area (Å²) in [5.41, 5.74) is 0. The molecule has 1 atom stereocenters. The summed E-state index contributed by atoms with van der Waals surface area (Å²) in [6.07, 6.45) is 0.0780. The van der Waals surface area contributed by atoms with Gasteiger partial charge in [0.15, 0.2) is 0 Å². The lowest BCUT2D eigenvalue weighted by atomic mass is 10.1. The average molecular weight is 273 g/mol. The summed E-state index contributed by atoms with van der Waals surface area (Å²) in [6.45, 7) is 0.186. The zero-order valence-corrected chi connectivity index (χ0v) is 10.2. The third-order valence-corrected chi connectivity index (χ3v) is 3.59. The first-order valence-corrected chi connectivity index (χ1v) is 7.00. The highest BCUT2D eigenvalue weighted by Gasteiger charge is 2.33. The summed E-state index contributed by atoms with van der Waals surface area (Å²) < 4.78 is 34.9. The van der Waals surface area contributed by atoms with Crippen molar-refractivity contribution in [1.29, 1.82) is 0 Å². The molecule has 0 spiro atoms. The van der Waals surface area contributed by atoms with Crippen molar-refractivity contribution < 1.29 is 17.6 Å². The molecule has 1 saturated heterocycles. The number of carbonyl (C=O) groups is 1. The third kappa shape index (κ3) is 3.02. The van der Waals surface area contributed by atoms with Crippen molar-refractivity contribution in [1.82, 2.24) is 4.98 Å². The molecule has 98 valence electrons.